The number of hydrogen-bond acceptors (Lipinski definition) is 1. The van der Waals surface area contributed by atoms with Gasteiger partial charge in [0.25, 0.3) is 0 Å². The summed E-state index contributed by atoms with van der Waals surface area (Å²) >= 11 is 0. The Morgan fingerprint density at radius 3 is 1.35 bits per heavy atom. The highest BCUT2D eigenvalue weighted by atomic mass is 15.1. The monoisotopic (exact) mass is 826 g/mol. The quantitative estimate of drug-likeness (QED) is 0.167. The van der Waals surface area contributed by atoms with Crippen molar-refractivity contribution >= 4 is 17.1 Å². The van der Waals surface area contributed by atoms with Gasteiger partial charge in [-0.3, -0.25) is 0 Å². The molecule has 6 aromatic rings. The van der Waals surface area contributed by atoms with E-state index in [-0.39, 0.29) is 27.1 Å². The Balaban J connectivity index is 1.05. The lowest BCUT2D eigenvalue weighted by molar-refractivity contribution is -0.0399. The summed E-state index contributed by atoms with van der Waals surface area (Å²) in [6.07, 6.45) is 11.9. The lowest BCUT2D eigenvalue weighted by Gasteiger charge is -2.61. The molecule has 0 N–H and O–H groups in total. The van der Waals surface area contributed by atoms with E-state index < -0.39 is 0 Å². The first-order valence-corrected chi connectivity index (χ1v) is 24.7. The van der Waals surface area contributed by atoms with Gasteiger partial charge in [-0.15, -0.1) is 0 Å². The minimum absolute atomic E-state index is 0.109. The molecular weight excluding hydrogens is 759 g/mol. The van der Waals surface area contributed by atoms with E-state index in [1.54, 1.807) is 11.1 Å². The summed E-state index contributed by atoms with van der Waals surface area (Å²) in [5.41, 5.74) is 21.9. The highest BCUT2D eigenvalue weighted by Crippen LogP contribution is 2.70. The van der Waals surface area contributed by atoms with Crippen molar-refractivity contribution in [3.05, 3.63) is 161 Å². The van der Waals surface area contributed by atoms with E-state index in [0.717, 1.165) is 23.7 Å². The van der Waals surface area contributed by atoms with E-state index in [2.05, 4.69) is 188 Å². The van der Waals surface area contributed by atoms with Gasteiger partial charge >= 0.3 is 0 Å². The van der Waals surface area contributed by atoms with Gasteiger partial charge in [0, 0.05) is 22.4 Å². The maximum absolute atomic E-state index is 2.63. The predicted octanol–water partition coefficient (Wildman–Crippen LogP) is 16.9. The van der Waals surface area contributed by atoms with Crippen LogP contribution in [0.3, 0.4) is 0 Å². The van der Waals surface area contributed by atoms with Gasteiger partial charge in [-0.05, 0) is 195 Å². The zero-order valence-corrected chi connectivity index (χ0v) is 39.2. The maximum Gasteiger partial charge on any atom is 0.0543 e. The van der Waals surface area contributed by atoms with Crippen LogP contribution >= 0.6 is 0 Å². The van der Waals surface area contributed by atoms with Crippen LogP contribution in [-0.2, 0) is 27.1 Å². The van der Waals surface area contributed by atoms with E-state index >= 15 is 0 Å². The molecule has 1 spiro atoms. The SMILES string of the molecule is CC1(C)CCC(C)(C)c2cc(-c3cccc(N(c4cccc(-c5ccc6c(c5)C(C)(C)CCC6(C)C)c4)c4cccc5c4-c4ccccc4C54C5CC6CC(C5)CC4C6)c3)ccc21. The van der Waals surface area contributed by atoms with Crippen LogP contribution in [0, 0.1) is 23.7 Å². The molecule has 63 heavy (non-hydrogen) atoms. The molecule has 320 valence electrons. The molecule has 0 heterocycles. The van der Waals surface area contributed by atoms with Crippen molar-refractivity contribution in [2.45, 2.75) is 140 Å². The number of fused-ring (bicyclic) bond motifs is 5. The lowest BCUT2D eigenvalue weighted by atomic mass is 9.43. The zero-order chi connectivity index (χ0) is 43.3. The van der Waals surface area contributed by atoms with Crippen molar-refractivity contribution in [3.8, 4) is 33.4 Å². The smallest absolute Gasteiger partial charge is 0.0543 e. The molecule has 13 rings (SSSR count). The van der Waals surface area contributed by atoms with E-state index in [4.69, 9.17) is 0 Å². The first-order valence-electron chi connectivity index (χ1n) is 24.7. The lowest BCUT2D eigenvalue weighted by Crippen LogP contribution is -2.55. The second kappa shape index (κ2) is 13.6. The van der Waals surface area contributed by atoms with E-state index in [1.165, 1.54) is 130 Å². The molecule has 1 heteroatoms. The third kappa shape index (κ3) is 5.86. The molecule has 0 aromatic heterocycles. The topological polar surface area (TPSA) is 3.24 Å². The summed E-state index contributed by atoms with van der Waals surface area (Å²) in [5, 5.41) is 0. The van der Waals surface area contributed by atoms with Gasteiger partial charge < -0.3 is 4.90 Å². The van der Waals surface area contributed by atoms with Crippen molar-refractivity contribution in [2.24, 2.45) is 23.7 Å². The second-order valence-corrected chi connectivity index (χ2v) is 23.9. The number of rotatable bonds is 5. The van der Waals surface area contributed by atoms with Crippen LogP contribution in [-0.4, -0.2) is 0 Å². The molecule has 1 nitrogen and oxygen atoms in total. The van der Waals surface area contributed by atoms with E-state index in [9.17, 15) is 0 Å². The van der Waals surface area contributed by atoms with Crippen LogP contribution in [0.2, 0.25) is 0 Å². The van der Waals surface area contributed by atoms with Crippen molar-refractivity contribution in [3.63, 3.8) is 0 Å². The molecule has 0 atom stereocenters. The van der Waals surface area contributed by atoms with Crippen molar-refractivity contribution in [1.82, 2.24) is 0 Å². The van der Waals surface area contributed by atoms with Crippen LogP contribution in [0.4, 0.5) is 17.1 Å². The van der Waals surface area contributed by atoms with E-state index in [0.29, 0.717) is 0 Å². The predicted molar refractivity (Wildman–Crippen MR) is 266 cm³/mol. The minimum atomic E-state index is 0.109. The molecule has 7 aliphatic rings. The first kappa shape index (κ1) is 39.7. The Morgan fingerprint density at radius 1 is 0.381 bits per heavy atom. The van der Waals surface area contributed by atoms with Gasteiger partial charge in [-0.1, -0.05) is 152 Å². The second-order valence-electron chi connectivity index (χ2n) is 23.9. The molecule has 0 amide bonds. The molecule has 0 saturated heterocycles. The Morgan fingerprint density at radius 2 is 0.825 bits per heavy atom. The third-order valence-corrected chi connectivity index (χ3v) is 18.4. The normalized spacial score (nSPS) is 27.0. The van der Waals surface area contributed by atoms with Crippen molar-refractivity contribution in [2.75, 3.05) is 4.90 Å². The van der Waals surface area contributed by atoms with Gasteiger partial charge in [0.15, 0.2) is 0 Å². The fraction of sp³-hybridized carbons (Fsp3) is 0.419. The molecule has 6 aromatic carbocycles. The molecule has 7 aliphatic carbocycles. The van der Waals surface area contributed by atoms with E-state index in [1.807, 2.05) is 0 Å². The number of hydrogen-bond donors (Lipinski definition) is 0. The summed E-state index contributed by atoms with van der Waals surface area (Å²) in [4.78, 5) is 2.63. The summed E-state index contributed by atoms with van der Waals surface area (Å²) in [6, 6.07) is 50.8. The molecule has 4 bridgehead atoms. The first-order chi connectivity index (χ1) is 30.1. The minimum Gasteiger partial charge on any atom is -0.310 e. The van der Waals surface area contributed by atoms with Crippen molar-refractivity contribution < 1.29 is 0 Å². The van der Waals surface area contributed by atoms with Crippen molar-refractivity contribution in [1.29, 1.82) is 0 Å². The van der Waals surface area contributed by atoms with Gasteiger partial charge in [-0.25, -0.2) is 0 Å². The number of benzene rings is 6. The highest BCUT2D eigenvalue weighted by Gasteiger charge is 2.62. The highest BCUT2D eigenvalue weighted by molar-refractivity contribution is 5.96. The fourth-order valence-corrected chi connectivity index (χ4v) is 15.0. The van der Waals surface area contributed by atoms with Gasteiger partial charge in [-0.2, -0.15) is 0 Å². The standard InChI is InChI=1S/C62H67N/c1-58(2)26-28-60(5,6)54-37-43(22-24-51(54)58)41-14-11-16-47(35-41)63(48-17-12-15-42(36-48)44-23-25-52-55(38-44)61(7,8)29-27-59(52,3)4)56-21-13-20-53-57(56)49-18-9-10-19-50(49)62(53)45-31-39-30-40(33-45)34-46(62)32-39/h9-25,35-40,45-46H,26-34H2,1-8H3. The molecular formula is C62H67N. The summed E-state index contributed by atoms with van der Waals surface area (Å²) < 4.78 is 0. The number of anilines is 3. The number of nitrogens with zero attached hydrogens (tertiary/aromatic N) is 1. The average molecular weight is 826 g/mol. The van der Waals surface area contributed by atoms with Crippen LogP contribution in [0.25, 0.3) is 33.4 Å². The van der Waals surface area contributed by atoms with Gasteiger partial charge in [0.2, 0.25) is 0 Å². The molecule has 4 fully saturated rings. The third-order valence-electron chi connectivity index (χ3n) is 18.4. The molecule has 0 unspecified atom stereocenters. The summed E-state index contributed by atoms with van der Waals surface area (Å²) in [7, 11) is 0. The Kier molecular flexibility index (Phi) is 8.55. The average Bonchev–Trinajstić information content (AvgIpc) is 3.57. The summed E-state index contributed by atoms with van der Waals surface area (Å²) in [5.74, 6) is 3.28. The molecule has 0 aliphatic heterocycles. The van der Waals surface area contributed by atoms with Gasteiger partial charge in [0.1, 0.15) is 0 Å². The Labute approximate surface area is 378 Å². The Hall–Kier alpha value is -4.88. The van der Waals surface area contributed by atoms with Crippen LogP contribution in [0.5, 0.6) is 0 Å². The van der Waals surface area contributed by atoms with Crippen LogP contribution < -0.4 is 4.90 Å². The van der Waals surface area contributed by atoms with Crippen LogP contribution in [0.15, 0.2) is 127 Å². The maximum atomic E-state index is 2.63. The Bertz CT molecular complexity index is 2670. The largest absolute Gasteiger partial charge is 0.310 e. The van der Waals surface area contributed by atoms with Crippen LogP contribution in [0.1, 0.15) is 147 Å². The molecule has 4 saturated carbocycles. The fourth-order valence-electron chi connectivity index (χ4n) is 15.0. The van der Waals surface area contributed by atoms with Gasteiger partial charge in [0.05, 0.1) is 5.69 Å². The summed E-state index contributed by atoms with van der Waals surface area (Å²) in [6.45, 7) is 19.5. The zero-order valence-electron chi connectivity index (χ0n) is 39.2. The molecule has 0 radical (unpaired) electrons.